The molecule has 0 bridgehead atoms. The lowest BCUT2D eigenvalue weighted by Gasteiger charge is -2.39. The average Bonchev–Trinajstić information content (AvgIpc) is 2.49. The molecule has 1 saturated heterocycles. The summed E-state index contributed by atoms with van der Waals surface area (Å²) in [5, 5.41) is 18.8. The number of nitrogens with zero attached hydrogens (tertiary/aromatic N) is 3. The zero-order valence-corrected chi connectivity index (χ0v) is 12.6. The number of hydrogen-bond donors (Lipinski definition) is 2. The number of piperidine rings is 1. The number of nitrogens with two attached hydrogens (primary N) is 1. The minimum absolute atomic E-state index is 0.176. The van der Waals surface area contributed by atoms with E-state index in [0.717, 1.165) is 48.2 Å². The predicted molar refractivity (Wildman–Crippen MR) is 85.7 cm³/mol. The Labute approximate surface area is 124 Å². The van der Waals surface area contributed by atoms with Gasteiger partial charge in [-0.05, 0) is 19.8 Å². The number of rotatable bonds is 2. The van der Waals surface area contributed by atoms with Crippen molar-refractivity contribution in [3.05, 3.63) is 30.0 Å². The van der Waals surface area contributed by atoms with Crippen molar-refractivity contribution in [3.8, 4) is 0 Å². The summed E-state index contributed by atoms with van der Waals surface area (Å²) in [6.07, 6.45) is 1.76. The highest BCUT2D eigenvalue weighted by Crippen LogP contribution is 2.34. The van der Waals surface area contributed by atoms with Crippen LogP contribution >= 0.6 is 0 Å². The molecule has 0 atom stereocenters. The molecule has 0 aliphatic carbocycles. The van der Waals surface area contributed by atoms with E-state index in [0.29, 0.717) is 5.84 Å². The first-order valence-corrected chi connectivity index (χ1v) is 7.33. The third kappa shape index (κ3) is 2.33. The van der Waals surface area contributed by atoms with Crippen LogP contribution in [0.1, 0.15) is 25.5 Å². The van der Waals surface area contributed by atoms with Crippen LogP contribution in [0.5, 0.6) is 0 Å². The van der Waals surface area contributed by atoms with Gasteiger partial charge in [0.1, 0.15) is 0 Å². The van der Waals surface area contributed by atoms with Crippen molar-refractivity contribution in [2.75, 3.05) is 18.0 Å². The summed E-state index contributed by atoms with van der Waals surface area (Å²) in [6.45, 7) is 5.78. The van der Waals surface area contributed by atoms with E-state index in [2.05, 4.69) is 34.2 Å². The lowest BCUT2D eigenvalue weighted by molar-refractivity contribution is 0.350. The van der Waals surface area contributed by atoms with Gasteiger partial charge in [0.25, 0.3) is 0 Å². The highest BCUT2D eigenvalue weighted by atomic mass is 15.3. The van der Waals surface area contributed by atoms with Gasteiger partial charge in [0.15, 0.2) is 5.82 Å². The molecule has 1 aliphatic rings. The van der Waals surface area contributed by atoms with E-state index in [4.69, 9.17) is 11.1 Å². The predicted octanol–water partition coefficient (Wildman–Crippen LogP) is 2.48. The molecule has 5 nitrogen and oxygen atoms in total. The number of hydrogen-bond acceptors (Lipinski definition) is 4. The fourth-order valence-electron chi connectivity index (χ4n) is 2.94. The molecular weight excluding hydrogens is 262 g/mol. The first-order chi connectivity index (χ1) is 10.0. The van der Waals surface area contributed by atoms with Crippen molar-refractivity contribution in [3.63, 3.8) is 0 Å². The van der Waals surface area contributed by atoms with Crippen LogP contribution in [0, 0.1) is 17.7 Å². The fraction of sp³-hybridized carbons (Fsp3) is 0.438. The van der Waals surface area contributed by atoms with E-state index in [1.807, 2.05) is 19.1 Å². The lowest BCUT2D eigenvalue weighted by Crippen LogP contribution is -2.45. The van der Waals surface area contributed by atoms with Crippen molar-refractivity contribution >= 4 is 22.4 Å². The monoisotopic (exact) mass is 283 g/mol. The van der Waals surface area contributed by atoms with E-state index >= 15 is 0 Å². The van der Waals surface area contributed by atoms with Gasteiger partial charge in [0.05, 0.1) is 11.5 Å². The molecule has 1 aliphatic heterocycles. The van der Waals surface area contributed by atoms with Crippen LogP contribution in [0.25, 0.3) is 10.8 Å². The quantitative estimate of drug-likeness (QED) is 0.655. The Hall–Kier alpha value is -2.17. The molecule has 1 fully saturated rings. The number of aryl methyl sites for hydroxylation is 1. The van der Waals surface area contributed by atoms with Crippen molar-refractivity contribution in [2.24, 2.45) is 11.1 Å². The number of anilines is 1. The third-order valence-corrected chi connectivity index (χ3v) is 4.67. The minimum atomic E-state index is -0.176. The normalized spacial score (nSPS) is 17.9. The first kappa shape index (κ1) is 13.8. The number of aromatic nitrogens is 2. The molecule has 0 radical (unpaired) electrons. The smallest absolute Gasteiger partial charge is 0.159 e. The van der Waals surface area contributed by atoms with Crippen molar-refractivity contribution in [1.29, 1.82) is 5.41 Å². The van der Waals surface area contributed by atoms with Crippen LogP contribution < -0.4 is 10.6 Å². The Kier molecular flexibility index (Phi) is 3.27. The van der Waals surface area contributed by atoms with E-state index < -0.39 is 0 Å². The molecule has 2 aromatic rings. The Morgan fingerprint density at radius 1 is 1.19 bits per heavy atom. The molecule has 2 heterocycles. The molecule has 0 spiro atoms. The summed E-state index contributed by atoms with van der Waals surface area (Å²) < 4.78 is 0. The Morgan fingerprint density at radius 2 is 1.81 bits per heavy atom. The van der Waals surface area contributed by atoms with Crippen LogP contribution in [-0.4, -0.2) is 29.1 Å². The van der Waals surface area contributed by atoms with Crippen LogP contribution in [0.15, 0.2) is 24.3 Å². The molecule has 3 rings (SSSR count). The second kappa shape index (κ2) is 4.98. The summed E-state index contributed by atoms with van der Waals surface area (Å²) >= 11 is 0. The summed E-state index contributed by atoms with van der Waals surface area (Å²) in [5.74, 6) is 1.24. The van der Waals surface area contributed by atoms with Gasteiger partial charge in [-0.25, -0.2) is 0 Å². The molecule has 110 valence electrons. The van der Waals surface area contributed by atoms with Crippen LogP contribution in [0.4, 0.5) is 5.82 Å². The Bertz CT molecular complexity index is 686. The zero-order chi connectivity index (χ0) is 15.0. The maximum absolute atomic E-state index is 7.75. The molecule has 0 unspecified atom stereocenters. The van der Waals surface area contributed by atoms with Crippen molar-refractivity contribution in [2.45, 2.75) is 26.7 Å². The highest BCUT2D eigenvalue weighted by Gasteiger charge is 2.33. The van der Waals surface area contributed by atoms with Crippen LogP contribution in [0.2, 0.25) is 0 Å². The van der Waals surface area contributed by atoms with Crippen LogP contribution in [0.3, 0.4) is 0 Å². The largest absolute Gasteiger partial charge is 0.387 e. The molecule has 1 aromatic carbocycles. The maximum Gasteiger partial charge on any atom is 0.159 e. The van der Waals surface area contributed by atoms with E-state index in [1.165, 1.54) is 0 Å². The molecule has 5 heteroatoms. The minimum Gasteiger partial charge on any atom is -0.387 e. The Balaban J connectivity index is 1.93. The number of benzene rings is 1. The summed E-state index contributed by atoms with van der Waals surface area (Å²) in [6, 6.07) is 8.26. The SMILES string of the molecule is Cc1nnc(N2CCC(C)(C(=N)N)CC2)c2ccccc12. The van der Waals surface area contributed by atoms with Gasteiger partial charge < -0.3 is 10.6 Å². The third-order valence-electron chi connectivity index (χ3n) is 4.67. The number of nitrogens with one attached hydrogen (secondary N) is 1. The molecule has 21 heavy (non-hydrogen) atoms. The van der Waals surface area contributed by atoms with Gasteiger partial charge in [-0.1, -0.05) is 31.2 Å². The summed E-state index contributed by atoms with van der Waals surface area (Å²) in [4.78, 5) is 2.26. The second-order valence-electron chi connectivity index (χ2n) is 6.12. The molecular formula is C16H21N5. The Morgan fingerprint density at radius 3 is 2.43 bits per heavy atom. The zero-order valence-electron chi connectivity index (χ0n) is 12.6. The standard InChI is InChI=1S/C16H21N5/c1-11-12-5-3-4-6-13(12)14(20-19-11)21-9-7-16(2,8-10-21)15(17)18/h3-6H,7-10H2,1-2H3,(H3,17,18). The average molecular weight is 283 g/mol. The fourth-order valence-corrected chi connectivity index (χ4v) is 2.94. The number of fused-ring (bicyclic) bond motifs is 1. The second-order valence-corrected chi connectivity index (χ2v) is 6.12. The first-order valence-electron chi connectivity index (χ1n) is 7.33. The van der Waals surface area contributed by atoms with Crippen LogP contribution in [-0.2, 0) is 0 Å². The molecule has 0 saturated carbocycles. The van der Waals surface area contributed by atoms with Crippen molar-refractivity contribution in [1.82, 2.24) is 10.2 Å². The highest BCUT2D eigenvalue weighted by molar-refractivity contribution is 5.93. The molecule has 3 N–H and O–H groups in total. The van der Waals surface area contributed by atoms with E-state index in [9.17, 15) is 0 Å². The van der Waals surface area contributed by atoms with Gasteiger partial charge in [0, 0.05) is 29.3 Å². The summed E-state index contributed by atoms with van der Waals surface area (Å²) in [7, 11) is 0. The van der Waals surface area contributed by atoms with Gasteiger partial charge in [-0.2, -0.15) is 5.10 Å². The van der Waals surface area contributed by atoms with E-state index in [1.54, 1.807) is 0 Å². The number of amidine groups is 1. The molecule has 0 amide bonds. The van der Waals surface area contributed by atoms with Gasteiger partial charge in [0.2, 0.25) is 0 Å². The topological polar surface area (TPSA) is 78.9 Å². The van der Waals surface area contributed by atoms with Gasteiger partial charge in [-0.3, -0.25) is 5.41 Å². The maximum atomic E-state index is 7.75. The van der Waals surface area contributed by atoms with Gasteiger partial charge >= 0.3 is 0 Å². The lowest BCUT2D eigenvalue weighted by atomic mass is 9.79. The van der Waals surface area contributed by atoms with E-state index in [-0.39, 0.29) is 5.41 Å². The van der Waals surface area contributed by atoms with Crippen molar-refractivity contribution < 1.29 is 0 Å². The van der Waals surface area contributed by atoms with Gasteiger partial charge in [-0.15, -0.1) is 5.10 Å². The molecule has 1 aromatic heterocycles. The summed E-state index contributed by atoms with van der Waals surface area (Å²) in [5.41, 5.74) is 6.51.